The van der Waals surface area contributed by atoms with E-state index in [1.807, 2.05) is 11.1 Å². The van der Waals surface area contributed by atoms with Crippen LogP contribution in [0.2, 0.25) is 0 Å². The normalized spacial score (nSPS) is 20.6. The predicted molar refractivity (Wildman–Crippen MR) is 157 cm³/mol. The average Bonchev–Trinajstić information content (AvgIpc) is 3.35. The maximum Gasteiger partial charge on any atom is 0.265 e. The Labute approximate surface area is 240 Å². The van der Waals surface area contributed by atoms with Crippen molar-refractivity contribution in [2.45, 2.75) is 51.9 Å². The molecule has 1 saturated carbocycles. The second-order valence-corrected chi connectivity index (χ2v) is 13.1. The molecule has 3 aliphatic heterocycles. The lowest BCUT2D eigenvalue weighted by molar-refractivity contribution is -0.128. The number of hydrogen-bond acceptors (Lipinski definition) is 7. The Morgan fingerprint density at radius 1 is 1.05 bits per heavy atom. The Morgan fingerprint density at radius 2 is 1.80 bits per heavy atom. The summed E-state index contributed by atoms with van der Waals surface area (Å²) in [6, 6.07) is 6.41. The summed E-state index contributed by atoms with van der Waals surface area (Å²) >= 11 is 1.38. The van der Waals surface area contributed by atoms with Gasteiger partial charge in [-0.1, -0.05) is 32.0 Å². The van der Waals surface area contributed by atoms with Gasteiger partial charge in [0.25, 0.3) is 5.91 Å². The zero-order chi connectivity index (χ0) is 28.2. The first-order valence-corrected chi connectivity index (χ1v) is 15.1. The molecule has 0 radical (unpaired) electrons. The Kier molecular flexibility index (Phi) is 8.71. The molecule has 5 heterocycles. The summed E-state index contributed by atoms with van der Waals surface area (Å²) in [6.07, 6.45) is 12.3. The van der Waals surface area contributed by atoms with Crippen molar-refractivity contribution in [2.24, 2.45) is 10.8 Å². The van der Waals surface area contributed by atoms with E-state index in [9.17, 15) is 9.59 Å². The molecule has 8 nitrogen and oxygen atoms in total. The van der Waals surface area contributed by atoms with Crippen molar-refractivity contribution in [3.63, 3.8) is 0 Å². The maximum atomic E-state index is 12.1. The van der Waals surface area contributed by atoms with Crippen LogP contribution in [0, 0.1) is 10.8 Å². The lowest BCUT2D eigenvalue weighted by atomic mass is 9.79. The first-order valence-electron chi connectivity index (χ1n) is 14.2. The molecule has 9 heteroatoms. The minimum atomic E-state index is 0.0777. The van der Waals surface area contributed by atoms with Gasteiger partial charge in [0.2, 0.25) is 6.41 Å². The molecule has 1 aromatic carbocycles. The number of methoxy groups -OCH3 is 1. The lowest BCUT2D eigenvalue weighted by Gasteiger charge is -2.45. The van der Waals surface area contributed by atoms with E-state index in [0.717, 1.165) is 81.6 Å². The van der Waals surface area contributed by atoms with Crippen LogP contribution >= 0.6 is 11.3 Å². The van der Waals surface area contributed by atoms with E-state index in [4.69, 9.17) is 9.47 Å². The number of amides is 2. The second kappa shape index (κ2) is 12.2. The summed E-state index contributed by atoms with van der Waals surface area (Å²) in [6.45, 7) is 9.47. The van der Waals surface area contributed by atoms with Gasteiger partial charge in [-0.3, -0.25) is 19.6 Å². The van der Waals surface area contributed by atoms with Gasteiger partial charge in [0.05, 0.1) is 25.0 Å². The van der Waals surface area contributed by atoms with Gasteiger partial charge in [-0.15, -0.1) is 11.3 Å². The van der Waals surface area contributed by atoms with Crippen molar-refractivity contribution < 1.29 is 19.1 Å². The fraction of sp³-hybridized carbons (Fsp3) is 0.548. The Bertz CT molecular complexity index is 1290. The highest BCUT2D eigenvalue weighted by Crippen LogP contribution is 2.43. The molecular formula is C31H40N4O4S. The zero-order valence-corrected chi connectivity index (χ0v) is 24.6. The van der Waals surface area contributed by atoms with Gasteiger partial charge in [0.15, 0.2) is 0 Å². The fourth-order valence-electron chi connectivity index (χ4n) is 5.70. The molecule has 3 aromatic rings. The van der Waals surface area contributed by atoms with Gasteiger partial charge in [-0.2, -0.15) is 0 Å². The van der Waals surface area contributed by atoms with Gasteiger partial charge in [0, 0.05) is 61.8 Å². The molecule has 2 amide bonds. The van der Waals surface area contributed by atoms with Crippen LogP contribution in [0.25, 0.3) is 10.8 Å². The van der Waals surface area contributed by atoms with Gasteiger partial charge in [-0.05, 0) is 49.0 Å². The molecule has 1 aliphatic carbocycles. The SMILES string of the molecule is CC1(C)CC1.COc1cncc2c(C3CCOCC3)cccc12.O=CN1CC2(CCN(C(=O)c3cncs3)C2)C1. The number of pyridine rings is 1. The third-order valence-electron chi connectivity index (χ3n) is 8.53. The van der Waals surface area contributed by atoms with E-state index < -0.39 is 0 Å². The van der Waals surface area contributed by atoms with Crippen molar-refractivity contribution in [1.82, 2.24) is 19.8 Å². The maximum absolute atomic E-state index is 12.1. The van der Waals surface area contributed by atoms with Crippen LogP contribution < -0.4 is 4.74 Å². The molecule has 0 unspecified atom stereocenters. The van der Waals surface area contributed by atoms with Gasteiger partial charge < -0.3 is 19.3 Å². The molecule has 2 aromatic heterocycles. The van der Waals surface area contributed by atoms with E-state index in [0.29, 0.717) is 10.8 Å². The standard InChI is InChI=1S/C15H17NO2.C11H13N3O2S.C5H10/c1-17-15-10-16-9-14-12(3-2-4-13(14)15)11-5-7-18-8-6-11;15-8-13-4-11(5-13)1-2-14(6-11)10(16)9-3-12-7-17-9;1-5(2)3-4-5/h2-4,9-11H,5-8H2,1H3;3,7-8H,1-2,4-6H2;3-4H2,1-2H3. The monoisotopic (exact) mass is 564 g/mol. The van der Waals surface area contributed by atoms with Crippen molar-refractivity contribution in [2.75, 3.05) is 46.5 Å². The van der Waals surface area contributed by atoms with Crippen LogP contribution in [0.15, 0.2) is 42.3 Å². The number of carbonyl (C=O) groups excluding carboxylic acids is 2. The van der Waals surface area contributed by atoms with Crippen molar-refractivity contribution in [3.05, 3.63) is 52.7 Å². The molecule has 7 rings (SSSR count). The van der Waals surface area contributed by atoms with Crippen LogP contribution in [0.5, 0.6) is 5.75 Å². The summed E-state index contributed by atoms with van der Waals surface area (Å²) in [5.41, 5.74) is 3.97. The smallest absolute Gasteiger partial charge is 0.265 e. The summed E-state index contributed by atoms with van der Waals surface area (Å²) < 4.78 is 10.8. The third kappa shape index (κ3) is 6.63. The van der Waals surface area contributed by atoms with Crippen molar-refractivity contribution >= 4 is 34.4 Å². The Hall–Kier alpha value is -3.04. The third-order valence-corrected chi connectivity index (χ3v) is 9.29. The number of ether oxygens (including phenoxy) is 2. The number of fused-ring (bicyclic) bond motifs is 1. The molecule has 40 heavy (non-hydrogen) atoms. The first-order chi connectivity index (χ1) is 19.3. The highest BCUT2D eigenvalue weighted by molar-refractivity contribution is 7.11. The lowest BCUT2D eigenvalue weighted by Crippen LogP contribution is -2.56. The van der Waals surface area contributed by atoms with Crippen molar-refractivity contribution in [3.8, 4) is 5.75 Å². The van der Waals surface area contributed by atoms with Gasteiger partial charge >= 0.3 is 0 Å². The number of rotatable bonds is 4. The minimum Gasteiger partial charge on any atom is -0.494 e. The number of aromatic nitrogens is 2. The molecule has 214 valence electrons. The highest BCUT2D eigenvalue weighted by atomic mass is 32.1. The fourth-order valence-corrected chi connectivity index (χ4v) is 6.29. The average molecular weight is 565 g/mol. The van der Waals surface area contributed by atoms with Crippen LogP contribution in [-0.4, -0.2) is 78.6 Å². The van der Waals surface area contributed by atoms with Crippen LogP contribution in [0.4, 0.5) is 0 Å². The van der Waals surface area contributed by atoms with Crippen molar-refractivity contribution in [1.29, 1.82) is 0 Å². The number of thiazole rings is 1. The molecule has 0 atom stereocenters. The summed E-state index contributed by atoms with van der Waals surface area (Å²) in [4.78, 5) is 35.2. The largest absolute Gasteiger partial charge is 0.494 e. The molecule has 1 spiro atoms. The number of likely N-dealkylation sites (tertiary alicyclic amines) is 2. The van der Waals surface area contributed by atoms with E-state index in [1.165, 1.54) is 35.1 Å². The summed E-state index contributed by atoms with van der Waals surface area (Å²) in [7, 11) is 1.69. The molecule has 3 saturated heterocycles. The highest BCUT2D eigenvalue weighted by Gasteiger charge is 2.48. The predicted octanol–water partition coefficient (Wildman–Crippen LogP) is 5.39. The van der Waals surface area contributed by atoms with E-state index in [-0.39, 0.29) is 11.3 Å². The van der Waals surface area contributed by atoms with Crippen LogP contribution in [0.1, 0.15) is 67.1 Å². The van der Waals surface area contributed by atoms with E-state index in [2.05, 4.69) is 42.0 Å². The Morgan fingerprint density at radius 3 is 2.42 bits per heavy atom. The summed E-state index contributed by atoms with van der Waals surface area (Å²) in [5.74, 6) is 1.51. The molecule has 0 N–H and O–H groups in total. The number of nitrogens with zero attached hydrogens (tertiary/aromatic N) is 4. The van der Waals surface area contributed by atoms with Gasteiger partial charge in [0.1, 0.15) is 10.6 Å². The van der Waals surface area contributed by atoms with Crippen LogP contribution in [0.3, 0.4) is 0 Å². The molecular weight excluding hydrogens is 524 g/mol. The zero-order valence-electron chi connectivity index (χ0n) is 23.8. The molecule has 4 aliphatic rings. The van der Waals surface area contributed by atoms with E-state index >= 15 is 0 Å². The number of carbonyl (C=O) groups is 2. The molecule has 4 fully saturated rings. The number of benzene rings is 1. The summed E-state index contributed by atoms with van der Waals surface area (Å²) in [5, 5.41) is 2.36. The number of hydrogen-bond donors (Lipinski definition) is 0. The van der Waals surface area contributed by atoms with Crippen LogP contribution in [-0.2, 0) is 9.53 Å². The minimum absolute atomic E-state index is 0.0777. The quantitative estimate of drug-likeness (QED) is 0.395. The molecule has 0 bridgehead atoms. The van der Waals surface area contributed by atoms with Gasteiger partial charge in [-0.25, -0.2) is 0 Å². The second-order valence-electron chi connectivity index (χ2n) is 12.2. The Balaban J connectivity index is 0.000000138. The first kappa shape index (κ1) is 28.5. The topological polar surface area (TPSA) is 84.9 Å². The van der Waals surface area contributed by atoms with E-state index in [1.54, 1.807) is 29.9 Å².